The largest absolute Gasteiger partial charge is 0.476 e. The lowest BCUT2D eigenvalue weighted by Gasteiger charge is -2.12. The van der Waals surface area contributed by atoms with Crippen LogP contribution in [0.15, 0.2) is 16.6 Å². The first kappa shape index (κ1) is 13.6. The van der Waals surface area contributed by atoms with Crippen LogP contribution in [0.25, 0.3) is 0 Å². The molecule has 0 amide bonds. The lowest BCUT2D eigenvalue weighted by Crippen LogP contribution is -2.21. The number of nitro groups is 1. The molecule has 0 saturated heterocycles. The van der Waals surface area contributed by atoms with Gasteiger partial charge in [0.15, 0.2) is 11.9 Å². The van der Waals surface area contributed by atoms with E-state index in [2.05, 4.69) is 15.9 Å². The highest BCUT2D eigenvalue weighted by Crippen LogP contribution is 2.33. The molecule has 0 spiro atoms. The van der Waals surface area contributed by atoms with E-state index in [9.17, 15) is 19.3 Å². The van der Waals surface area contributed by atoms with E-state index >= 15 is 0 Å². The van der Waals surface area contributed by atoms with Gasteiger partial charge in [-0.1, -0.05) is 0 Å². The molecule has 0 heterocycles. The Labute approximate surface area is 105 Å². The van der Waals surface area contributed by atoms with Crippen molar-refractivity contribution in [1.82, 2.24) is 0 Å². The molecule has 0 aliphatic heterocycles. The highest BCUT2D eigenvalue weighted by molar-refractivity contribution is 9.10. The molecule has 0 saturated carbocycles. The first-order valence-electron chi connectivity index (χ1n) is 4.63. The number of rotatable bonds is 4. The van der Waals surface area contributed by atoms with E-state index in [0.717, 1.165) is 12.1 Å². The number of carbonyl (C=O) groups excluding carboxylic acids is 1. The highest BCUT2D eigenvalue weighted by Gasteiger charge is 2.21. The summed E-state index contributed by atoms with van der Waals surface area (Å²) in [5, 5.41) is 10.7. The third-order valence-corrected chi connectivity index (χ3v) is 2.68. The molecule has 0 fully saturated rings. The van der Waals surface area contributed by atoms with E-state index in [1.807, 2.05) is 0 Å². The second-order valence-electron chi connectivity index (χ2n) is 3.36. The molecule has 1 aromatic rings. The zero-order chi connectivity index (χ0) is 13.2. The Morgan fingerprint density at radius 3 is 2.65 bits per heavy atom. The molecule has 0 N–H and O–H groups in total. The Hall–Kier alpha value is -1.50. The van der Waals surface area contributed by atoms with Gasteiger partial charge in [-0.3, -0.25) is 14.9 Å². The minimum Gasteiger partial charge on any atom is -0.476 e. The van der Waals surface area contributed by atoms with Gasteiger partial charge in [-0.2, -0.15) is 0 Å². The summed E-state index contributed by atoms with van der Waals surface area (Å²) in [4.78, 5) is 21.0. The maximum absolute atomic E-state index is 13.2. The van der Waals surface area contributed by atoms with Crippen molar-refractivity contribution in [3.63, 3.8) is 0 Å². The summed E-state index contributed by atoms with van der Waals surface area (Å²) in [6.07, 6.45) is -0.866. The van der Waals surface area contributed by atoms with Gasteiger partial charge in [0.25, 0.3) is 0 Å². The molecule has 17 heavy (non-hydrogen) atoms. The van der Waals surface area contributed by atoms with E-state index in [4.69, 9.17) is 4.74 Å². The minimum absolute atomic E-state index is 0.0352. The molecule has 0 aromatic heterocycles. The van der Waals surface area contributed by atoms with E-state index in [0.29, 0.717) is 0 Å². The van der Waals surface area contributed by atoms with E-state index in [1.165, 1.54) is 13.8 Å². The second-order valence-corrected chi connectivity index (χ2v) is 4.22. The Bertz CT molecular complexity index is 478. The maximum atomic E-state index is 13.2. The Morgan fingerprint density at radius 1 is 1.59 bits per heavy atom. The van der Waals surface area contributed by atoms with Crippen LogP contribution >= 0.6 is 15.9 Å². The second kappa shape index (κ2) is 5.22. The molecule has 0 aliphatic rings. The van der Waals surface area contributed by atoms with Gasteiger partial charge in [0, 0.05) is 12.1 Å². The average molecular weight is 306 g/mol. The number of nitro benzene ring substituents is 1. The van der Waals surface area contributed by atoms with Gasteiger partial charge in [-0.15, -0.1) is 0 Å². The van der Waals surface area contributed by atoms with Crippen molar-refractivity contribution in [1.29, 1.82) is 0 Å². The summed E-state index contributed by atoms with van der Waals surface area (Å²) in [6.45, 7) is 2.72. The number of benzene rings is 1. The fourth-order valence-corrected chi connectivity index (χ4v) is 1.36. The third kappa shape index (κ3) is 3.23. The third-order valence-electron chi connectivity index (χ3n) is 2.07. The molecule has 1 rings (SSSR count). The van der Waals surface area contributed by atoms with Crippen LogP contribution in [0.5, 0.6) is 5.75 Å². The van der Waals surface area contributed by atoms with Crippen molar-refractivity contribution in [2.24, 2.45) is 0 Å². The standard InChI is InChI=1S/C10H9BrFNO4/c1-5(14)6(2)17-10-4-8(12)7(11)3-9(10)13(15)16/h3-4,6H,1-2H3. The van der Waals surface area contributed by atoms with E-state index < -0.39 is 22.5 Å². The zero-order valence-electron chi connectivity index (χ0n) is 9.07. The molecule has 7 heteroatoms. The van der Waals surface area contributed by atoms with Crippen molar-refractivity contribution < 1.29 is 18.8 Å². The van der Waals surface area contributed by atoms with Gasteiger partial charge in [0.2, 0.25) is 5.75 Å². The number of ether oxygens (including phenoxy) is 1. The number of nitrogens with zero attached hydrogens (tertiary/aromatic N) is 1. The molecule has 1 aromatic carbocycles. The number of hydrogen-bond donors (Lipinski definition) is 0. The molecule has 0 bridgehead atoms. The Balaban J connectivity index is 3.17. The van der Waals surface area contributed by atoms with Crippen LogP contribution in [0.4, 0.5) is 10.1 Å². The summed E-state index contributed by atoms with van der Waals surface area (Å²) in [5.41, 5.74) is -0.397. The molecule has 1 atom stereocenters. The highest BCUT2D eigenvalue weighted by atomic mass is 79.9. The van der Waals surface area contributed by atoms with Crippen molar-refractivity contribution in [3.8, 4) is 5.75 Å². The quantitative estimate of drug-likeness (QED) is 0.633. The molecule has 0 radical (unpaired) electrons. The lowest BCUT2D eigenvalue weighted by atomic mass is 10.2. The van der Waals surface area contributed by atoms with Crippen LogP contribution in [0.3, 0.4) is 0 Å². The molecule has 1 unspecified atom stereocenters. The fraction of sp³-hybridized carbons (Fsp3) is 0.300. The number of halogens is 2. The van der Waals surface area contributed by atoms with Crippen molar-refractivity contribution in [3.05, 3.63) is 32.5 Å². The fourth-order valence-electron chi connectivity index (χ4n) is 1.03. The summed E-state index contributed by atoms with van der Waals surface area (Å²) in [6, 6.07) is 1.87. The van der Waals surface area contributed by atoms with Crippen molar-refractivity contribution in [2.45, 2.75) is 20.0 Å². The maximum Gasteiger partial charge on any atom is 0.312 e. The molecular weight excluding hydrogens is 297 g/mol. The predicted molar refractivity (Wildman–Crippen MR) is 61.5 cm³/mol. The topological polar surface area (TPSA) is 69.4 Å². The SMILES string of the molecule is CC(=O)C(C)Oc1cc(F)c(Br)cc1[N+](=O)[O-]. The van der Waals surface area contributed by atoms with Crippen LogP contribution in [-0.2, 0) is 4.79 Å². The molecule has 5 nitrogen and oxygen atoms in total. The number of ketones is 1. The normalized spacial score (nSPS) is 12.0. The van der Waals surface area contributed by atoms with Crippen molar-refractivity contribution in [2.75, 3.05) is 0 Å². The Kier molecular flexibility index (Phi) is 4.17. The molecular formula is C10H9BrFNO4. The van der Waals surface area contributed by atoms with E-state index in [-0.39, 0.29) is 16.0 Å². The average Bonchev–Trinajstić information content (AvgIpc) is 2.22. The van der Waals surface area contributed by atoms with Gasteiger partial charge in [-0.05, 0) is 29.8 Å². The van der Waals surface area contributed by atoms with Crippen LogP contribution in [0.2, 0.25) is 0 Å². The summed E-state index contributed by atoms with van der Waals surface area (Å²) >= 11 is 2.84. The molecule has 0 aliphatic carbocycles. The predicted octanol–water partition coefficient (Wildman–Crippen LogP) is 2.85. The summed E-state index contributed by atoms with van der Waals surface area (Å²) < 4.78 is 18.3. The minimum atomic E-state index is -0.866. The van der Waals surface area contributed by atoms with Crippen LogP contribution in [0.1, 0.15) is 13.8 Å². The summed E-state index contributed by atoms with van der Waals surface area (Å²) in [5.74, 6) is -1.26. The lowest BCUT2D eigenvalue weighted by molar-refractivity contribution is -0.386. The zero-order valence-corrected chi connectivity index (χ0v) is 10.7. The molecule has 92 valence electrons. The van der Waals surface area contributed by atoms with E-state index in [1.54, 1.807) is 0 Å². The van der Waals surface area contributed by atoms with Crippen LogP contribution in [0, 0.1) is 15.9 Å². The summed E-state index contributed by atoms with van der Waals surface area (Å²) in [7, 11) is 0. The number of hydrogen-bond acceptors (Lipinski definition) is 4. The first-order valence-corrected chi connectivity index (χ1v) is 5.42. The van der Waals surface area contributed by atoms with Crippen LogP contribution in [-0.4, -0.2) is 16.8 Å². The van der Waals surface area contributed by atoms with Gasteiger partial charge in [0.1, 0.15) is 5.82 Å². The van der Waals surface area contributed by atoms with Gasteiger partial charge in [0.05, 0.1) is 9.40 Å². The monoisotopic (exact) mass is 305 g/mol. The van der Waals surface area contributed by atoms with Crippen molar-refractivity contribution >= 4 is 27.4 Å². The number of Topliss-reactive ketones (excluding diaryl/α,β-unsaturated/α-hetero) is 1. The number of carbonyl (C=O) groups is 1. The van der Waals surface area contributed by atoms with Crippen LogP contribution < -0.4 is 4.74 Å². The van der Waals surface area contributed by atoms with Gasteiger partial charge < -0.3 is 4.74 Å². The van der Waals surface area contributed by atoms with Gasteiger partial charge >= 0.3 is 5.69 Å². The smallest absolute Gasteiger partial charge is 0.312 e. The first-order chi connectivity index (χ1) is 7.82. The van der Waals surface area contributed by atoms with Gasteiger partial charge in [-0.25, -0.2) is 4.39 Å². The Morgan fingerprint density at radius 2 is 2.18 bits per heavy atom.